The van der Waals surface area contributed by atoms with Gasteiger partial charge in [-0.1, -0.05) is 61.1 Å². The predicted molar refractivity (Wildman–Crippen MR) is 97.8 cm³/mol. The van der Waals surface area contributed by atoms with Crippen LogP contribution >= 0.6 is 22.9 Å². The highest BCUT2D eigenvalue weighted by Gasteiger charge is 2.12. The van der Waals surface area contributed by atoms with Crippen molar-refractivity contribution in [2.24, 2.45) is 0 Å². The second kappa shape index (κ2) is 6.56. The van der Waals surface area contributed by atoms with Gasteiger partial charge in [-0.15, -0.1) is 0 Å². The van der Waals surface area contributed by atoms with Crippen LogP contribution < -0.4 is 10.6 Å². The lowest BCUT2D eigenvalue weighted by Crippen LogP contribution is -2.19. The predicted octanol–water partition coefficient (Wildman–Crippen LogP) is 5.72. The van der Waals surface area contributed by atoms with Gasteiger partial charge in [0.15, 0.2) is 5.13 Å². The van der Waals surface area contributed by atoms with Gasteiger partial charge in [0, 0.05) is 0 Å². The summed E-state index contributed by atoms with van der Waals surface area (Å²) in [7, 11) is 0. The van der Waals surface area contributed by atoms with E-state index in [0.717, 1.165) is 10.2 Å². The van der Waals surface area contributed by atoms with Crippen LogP contribution in [0.5, 0.6) is 0 Å². The number of urea groups is 1. The number of hydrogen-bond donors (Lipinski definition) is 2. The van der Waals surface area contributed by atoms with Gasteiger partial charge >= 0.3 is 6.03 Å². The van der Waals surface area contributed by atoms with E-state index in [-0.39, 0.29) is 6.03 Å². The van der Waals surface area contributed by atoms with Crippen molar-refractivity contribution in [3.63, 3.8) is 0 Å². The number of carbonyl (C=O) groups is 1. The van der Waals surface area contributed by atoms with Gasteiger partial charge in [0.1, 0.15) is 0 Å². The summed E-state index contributed by atoms with van der Waals surface area (Å²) in [6.45, 7) is 4.26. The Morgan fingerprint density at radius 2 is 1.91 bits per heavy atom. The van der Waals surface area contributed by atoms with E-state index in [4.69, 9.17) is 11.6 Å². The van der Waals surface area contributed by atoms with E-state index in [9.17, 15) is 4.79 Å². The Bertz CT molecular complexity index is 860. The standard InChI is InChI=1S/C17H16ClN3OS/c1-10(2)11-6-5-9-14-15(11)20-17(23-14)21-16(22)19-13-8-4-3-7-12(13)18/h3-10H,1-2H3,(H2,19,20,21,22). The van der Waals surface area contributed by atoms with Crippen LogP contribution in [0.2, 0.25) is 5.02 Å². The quantitative estimate of drug-likeness (QED) is 0.638. The van der Waals surface area contributed by atoms with E-state index in [1.165, 1.54) is 16.9 Å². The average Bonchev–Trinajstić information content (AvgIpc) is 2.91. The van der Waals surface area contributed by atoms with Crippen LogP contribution in [0, 0.1) is 0 Å². The van der Waals surface area contributed by atoms with Gasteiger partial charge in [-0.3, -0.25) is 5.32 Å². The molecule has 0 unspecified atom stereocenters. The molecule has 0 aliphatic heterocycles. The molecule has 0 bridgehead atoms. The zero-order chi connectivity index (χ0) is 16.4. The molecular formula is C17H16ClN3OS. The lowest BCUT2D eigenvalue weighted by atomic mass is 10.0. The highest BCUT2D eigenvalue weighted by Crippen LogP contribution is 2.31. The summed E-state index contributed by atoms with van der Waals surface area (Å²) in [4.78, 5) is 16.7. The van der Waals surface area contributed by atoms with Crippen molar-refractivity contribution in [1.82, 2.24) is 4.98 Å². The SMILES string of the molecule is CC(C)c1cccc2sc(NC(=O)Nc3ccccc3Cl)nc12. The molecule has 1 aromatic heterocycles. The van der Waals surface area contributed by atoms with E-state index >= 15 is 0 Å². The van der Waals surface area contributed by atoms with E-state index in [0.29, 0.717) is 21.8 Å². The molecule has 0 saturated heterocycles. The highest BCUT2D eigenvalue weighted by atomic mass is 35.5. The summed E-state index contributed by atoms with van der Waals surface area (Å²) in [5, 5.41) is 6.56. The molecule has 1 heterocycles. The van der Waals surface area contributed by atoms with Gasteiger partial charge < -0.3 is 5.32 Å². The zero-order valence-corrected chi connectivity index (χ0v) is 14.3. The lowest BCUT2D eigenvalue weighted by Gasteiger charge is -2.06. The third-order valence-corrected chi connectivity index (χ3v) is 4.68. The summed E-state index contributed by atoms with van der Waals surface area (Å²) in [5.41, 5.74) is 2.69. The topological polar surface area (TPSA) is 54.0 Å². The molecule has 2 N–H and O–H groups in total. The Kier molecular flexibility index (Phi) is 4.50. The Labute approximate surface area is 143 Å². The largest absolute Gasteiger partial charge is 0.325 e. The van der Waals surface area contributed by atoms with Crippen molar-refractivity contribution in [1.29, 1.82) is 0 Å². The number of benzene rings is 2. The molecule has 0 saturated carbocycles. The Hall–Kier alpha value is -2.11. The number of fused-ring (bicyclic) bond motifs is 1. The van der Waals surface area contributed by atoms with Crippen molar-refractivity contribution < 1.29 is 4.79 Å². The molecule has 23 heavy (non-hydrogen) atoms. The average molecular weight is 346 g/mol. The monoisotopic (exact) mass is 345 g/mol. The van der Waals surface area contributed by atoms with Gasteiger partial charge in [0.2, 0.25) is 0 Å². The number of anilines is 2. The number of amides is 2. The first kappa shape index (κ1) is 15.8. The third-order valence-electron chi connectivity index (χ3n) is 3.41. The normalized spacial score (nSPS) is 11.0. The van der Waals surface area contributed by atoms with Crippen molar-refractivity contribution >= 4 is 50.0 Å². The van der Waals surface area contributed by atoms with Gasteiger partial charge in [-0.05, 0) is 29.7 Å². The van der Waals surface area contributed by atoms with Crippen molar-refractivity contribution in [2.75, 3.05) is 10.6 Å². The summed E-state index contributed by atoms with van der Waals surface area (Å²) in [6.07, 6.45) is 0. The molecule has 0 radical (unpaired) electrons. The maximum absolute atomic E-state index is 12.1. The maximum atomic E-state index is 12.1. The molecule has 2 amide bonds. The number of hydrogen-bond acceptors (Lipinski definition) is 3. The molecule has 3 rings (SSSR count). The smallest absolute Gasteiger partial charge is 0.306 e. The summed E-state index contributed by atoms with van der Waals surface area (Å²) < 4.78 is 1.06. The molecule has 2 aromatic carbocycles. The molecule has 6 heteroatoms. The fourth-order valence-electron chi connectivity index (χ4n) is 2.30. The molecule has 118 valence electrons. The fourth-order valence-corrected chi connectivity index (χ4v) is 3.38. The van der Waals surface area contributed by atoms with Crippen LogP contribution in [-0.2, 0) is 0 Å². The molecule has 0 fully saturated rings. The Balaban J connectivity index is 1.80. The minimum atomic E-state index is -0.358. The first-order valence-corrected chi connectivity index (χ1v) is 8.46. The first-order chi connectivity index (χ1) is 11.0. The van der Waals surface area contributed by atoms with Gasteiger partial charge in [0.25, 0.3) is 0 Å². The van der Waals surface area contributed by atoms with Crippen molar-refractivity contribution in [2.45, 2.75) is 19.8 Å². The molecular weight excluding hydrogens is 330 g/mol. The van der Waals surface area contributed by atoms with Crippen LogP contribution in [-0.4, -0.2) is 11.0 Å². The first-order valence-electron chi connectivity index (χ1n) is 7.26. The Morgan fingerprint density at radius 1 is 1.13 bits per heavy atom. The molecule has 0 atom stereocenters. The van der Waals surface area contributed by atoms with Crippen molar-refractivity contribution in [3.8, 4) is 0 Å². The van der Waals surface area contributed by atoms with Gasteiger partial charge in [-0.25, -0.2) is 9.78 Å². The number of aromatic nitrogens is 1. The minimum Gasteiger partial charge on any atom is -0.306 e. The summed E-state index contributed by atoms with van der Waals surface area (Å²) >= 11 is 7.49. The second-order valence-corrected chi connectivity index (χ2v) is 6.86. The number of halogens is 1. The van der Waals surface area contributed by atoms with Crippen LogP contribution in [0.3, 0.4) is 0 Å². The molecule has 0 aliphatic rings. The van der Waals surface area contributed by atoms with Gasteiger partial charge in [-0.2, -0.15) is 0 Å². The minimum absolute atomic E-state index is 0.358. The number of nitrogens with one attached hydrogen (secondary N) is 2. The van der Waals surface area contributed by atoms with Crippen LogP contribution in [0.15, 0.2) is 42.5 Å². The number of rotatable bonds is 3. The number of para-hydroxylation sites is 2. The fraction of sp³-hybridized carbons (Fsp3) is 0.176. The lowest BCUT2D eigenvalue weighted by molar-refractivity contribution is 0.262. The Morgan fingerprint density at radius 3 is 2.65 bits per heavy atom. The second-order valence-electron chi connectivity index (χ2n) is 5.43. The van der Waals surface area contributed by atoms with E-state index in [1.54, 1.807) is 12.1 Å². The highest BCUT2D eigenvalue weighted by molar-refractivity contribution is 7.22. The number of thiazole rings is 1. The maximum Gasteiger partial charge on any atom is 0.325 e. The molecule has 0 aliphatic carbocycles. The van der Waals surface area contributed by atoms with E-state index in [2.05, 4.69) is 35.5 Å². The van der Waals surface area contributed by atoms with Crippen molar-refractivity contribution in [3.05, 3.63) is 53.1 Å². The molecule has 3 aromatic rings. The molecule has 0 spiro atoms. The van der Waals surface area contributed by atoms with E-state index < -0.39 is 0 Å². The third kappa shape index (κ3) is 3.46. The summed E-state index contributed by atoms with van der Waals surface area (Å²) in [6, 6.07) is 12.8. The number of nitrogens with zero attached hydrogens (tertiary/aromatic N) is 1. The summed E-state index contributed by atoms with van der Waals surface area (Å²) in [5.74, 6) is 0.380. The van der Waals surface area contributed by atoms with Crippen LogP contribution in [0.1, 0.15) is 25.3 Å². The molecule has 4 nitrogen and oxygen atoms in total. The number of carbonyl (C=O) groups excluding carboxylic acids is 1. The van der Waals surface area contributed by atoms with Crippen LogP contribution in [0.25, 0.3) is 10.2 Å². The zero-order valence-electron chi connectivity index (χ0n) is 12.8. The van der Waals surface area contributed by atoms with Crippen LogP contribution in [0.4, 0.5) is 15.6 Å². The van der Waals surface area contributed by atoms with Gasteiger partial charge in [0.05, 0.1) is 20.9 Å². The van der Waals surface area contributed by atoms with E-state index in [1.807, 2.05) is 24.3 Å².